The van der Waals surface area contributed by atoms with Crippen LogP contribution in [0.3, 0.4) is 0 Å². The Bertz CT molecular complexity index is 1020. The van der Waals surface area contributed by atoms with E-state index in [4.69, 9.17) is 4.74 Å². The van der Waals surface area contributed by atoms with Crippen LogP contribution in [-0.4, -0.2) is 54.9 Å². The second-order valence-electron chi connectivity index (χ2n) is 6.64. The smallest absolute Gasteiger partial charge is 0.484 e. The minimum Gasteiger partial charge on any atom is -0.484 e. The summed E-state index contributed by atoms with van der Waals surface area (Å²) < 4.78 is 47.3. The van der Waals surface area contributed by atoms with E-state index in [2.05, 4.69) is 9.72 Å². The number of anilines is 1. The summed E-state index contributed by atoms with van der Waals surface area (Å²) in [5.74, 6) is 0.295. The predicted molar refractivity (Wildman–Crippen MR) is 107 cm³/mol. The molecule has 1 fully saturated rings. The van der Waals surface area contributed by atoms with E-state index in [1.54, 1.807) is 17.0 Å². The lowest BCUT2D eigenvalue weighted by atomic mass is 10.3. The van der Waals surface area contributed by atoms with E-state index in [9.17, 15) is 18.0 Å². The first-order valence-corrected chi connectivity index (χ1v) is 10.1. The van der Waals surface area contributed by atoms with Crippen molar-refractivity contribution in [3.05, 3.63) is 48.5 Å². The number of para-hydroxylation sites is 1. The predicted octanol–water partition coefficient (Wildman–Crippen LogP) is 3.92. The molecule has 1 aliphatic rings. The van der Waals surface area contributed by atoms with E-state index >= 15 is 0 Å². The quantitative estimate of drug-likeness (QED) is 0.606. The molecular formula is C20H18F3N3O3S. The molecule has 0 bridgehead atoms. The summed E-state index contributed by atoms with van der Waals surface area (Å²) in [5, 5.41) is 0.710. The normalized spacial score (nSPS) is 14.8. The average molecular weight is 437 g/mol. The second kappa shape index (κ2) is 8.39. The number of ether oxygens (including phenoxy) is 2. The fourth-order valence-electron chi connectivity index (χ4n) is 3.13. The lowest BCUT2D eigenvalue weighted by Crippen LogP contribution is -2.50. The Morgan fingerprint density at radius 1 is 1.03 bits per heavy atom. The number of carbonyl (C=O) groups is 1. The maximum atomic E-state index is 12.4. The van der Waals surface area contributed by atoms with Crippen molar-refractivity contribution >= 4 is 32.6 Å². The molecule has 6 nitrogen and oxygen atoms in total. The molecule has 158 valence electrons. The summed E-state index contributed by atoms with van der Waals surface area (Å²) in [4.78, 5) is 20.6. The van der Waals surface area contributed by atoms with Crippen LogP contribution in [0, 0.1) is 0 Å². The van der Waals surface area contributed by atoms with E-state index in [0.717, 1.165) is 0 Å². The SMILES string of the molecule is O=C(COc1ccccc1)N1CCN(c2nc3ccc(OC(F)(F)F)cc3s2)CC1. The van der Waals surface area contributed by atoms with Crippen LogP contribution in [0.2, 0.25) is 0 Å². The summed E-state index contributed by atoms with van der Waals surface area (Å²) in [6.45, 7) is 2.20. The van der Waals surface area contributed by atoms with Crippen LogP contribution in [0.4, 0.5) is 18.3 Å². The molecule has 1 saturated heterocycles. The summed E-state index contributed by atoms with van der Waals surface area (Å²) in [7, 11) is 0. The van der Waals surface area contributed by atoms with Gasteiger partial charge in [0, 0.05) is 32.2 Å². The molecule has 0 atom stereocenters. The zero-order valence-corrected chi connectivity index (χ0v) is 16.6. The lowest BCUT2D eigenvalue weighted by molar-refractivity contribution is -0.274. The monoisotopic (exact) mass is 437 g/mol. The Morgan fingerprint density at radius 3 is 2.47 bits per heavy atom. The van der Waals surface area contributed by atoms with Crippen molar-refractivity contribution in [3.8, 4) is 11.5 Å². The minimum absolute atomic E-state index is 0.0207. The van der Waals surface area contributed by atoms with Gasteiger partial charge >= 0.3 is 6.36 Å². The Balaban J connectivity index is 1.34. The van der Waals surface area contributed by atoms with Gasteiger partial charge in [0.05, 0.1) is 10.2 Å². The van der Waals surface area contributed by atoms with E-state index in [1.807, 2.05) is 23.1 Å². The number of hydrogen-bond donors (Lipinski definition) is 0. The van der Waals surface area contributed by atoms with Crippen LogP contribution < -0.4 is 14.4 Å². The van der Waals surface area contributed by atoms with Crippen molar-refractivity contribution in [1.82, 2.24) is 9.88 Å². The van der Waals surface area contributed by atoms with Crippen LogP contribution in [0.15, 0.2) is 48.5 Å². The van der Waals surface area contributed by atoms with Crippen molar-refractivity contribution < 1.29 is 27.4 Å². The van der Waals surface area contributed by atoms with Gasteiger partial charge in [-0.15, -0.1) is 13.2 Å². The molecule has 3 aromatic rings. The number of carbonyl (C=O) groups excluding carboxylic acids is 1. The first-order chi connectivity index (χ1) is 14.4. The van der Waals surface area contributed by atoms with Gasteiger partial charge < -0.3 is 19.3 Å². The van der Waals surface area contributed by atoms with Crippen molar-refractivity contribution in [1.29, 1.82) is 0 Å². The van der Waals surface area contributed by atoms with Crippen molar-refractivity contribution in [2.24, 2.45) is 0 Å². The number of nitrogens with zero attached hydrogens (tertiary/aromatic N) is 3. The summed E-state index contributed by atoms with van der Waals surface area (Å²) >= 11 is 1.30. The highest BCUT2D eigenvalue weighted by Crippen LogP contribution is 2.33. The lowest BCUT2D eigenvalue weighted by Gasteiger charge is -2.34. The molecule has 0 aliphatic carbocycles. The molecular weight excluding hydrogens is 419 g/mol. The van der Waals surface area contributed by atoms with Crippen LogP contribution in [0.1, 0.15) is 0 Å². The molecule has 2 heterocycles. The molecule has 4 rings (SSSR count). The molecule has 0 saturated carbocycles. The number of alkyl halides is 3. The number of amides is 1. The van der Waals surface area contributed by atoms with Crippen molar-refractivity contribution in [3.63, 3.8) is 0 Å². The number of piperazine rings is 1. The zero-order valence-electron chi connectivity index (χ0n) is 15.8. The molecule has 1 aliphatic heterocycles. The van der Waals surface area contributed by atoms with Gasteiger partial charge in [0.25, 0.3) is 5.91 Å². The van der Waals surface area contributed by atoms with Crippen LogP contribution in [0.25, 0.3) is 10.2 Å². The fraction of sp³-hybridized carbons (Fsp3) is 0.300. The van der Waals surface area contributed by atoms with E-state index < -0.39 is 6.36 Å². The van der Waals surface area contributed by atoms with Crippen molar-refractivity contribution in [2.75, 3.05) is 37.7 Å². The molecule has 1 amide bonds. The number of thiazole rings is 1. The van der Waals surface area contributed by atoms with E-state index in [0.29, 0.717) is 47.3 Å². The van der Waals surface area contributed by atoms with Gasteiger partial charge in [-0.3, -0.25) is 4.79 Å². The second-order valence-corrected chi connectivity index (χ2v) is 7.65. The Morgan fingerprint density at radius 2 is 1.77 bits per heavy atom. The van der Waals surface area contributed by atoms with Gasteiger partial charge in [0.2, 0.25) is 0 Å². The molecule has 10 heteroatoms. The number of fused-ring (bicyclic) bond motifs is 1. The third-order valence-electron chi connectivity index (χ3n) is 4.59. The third-order valence-corrected chi connectivity index (χ3v) is 5.67. The summed E-state index contributed by atoms with van der Waals surface area (Å²) in [6, 6.07) is 13.3. The molecule has 2 aromatic carbocycles. The largest absolute Gasteiger partial charge is 0.573 e. The number of rotatable bonds is 5. The van der Waals surface area contributed by atoms with E-state index in [-0.39, 0.29) is 18.3 Å². The Labute approximate surface area is 174 Å². The topological polar surface area (TPSA) is 54.9 Å². The average Bonchev–Trinajstić information content (AvgIpc) is 3.15. The number of aromatic nitrogens is 1. The molecule has 0 radical (unpaired) electrons. The van der Waals surface area contributed by atoms with E-state index in [1.165, 1.54) is 29.5 Å². The maximum Gasteiger partial charge on any atom is 0.573 e. The van der Waals surface area contributed by atoms with Gasteiger partial charge in [-0.2, -0.15) is 0 Å². The van der Waals surface area contributed by atoms with Gasteiger partial charge in [0.1, 0.15) is 11.5 Å². The molecule has 30 heavy (non-hydrogen) atoms. The first-order valence-electron chi connectivity index (χ1n) is 9.24. The number of halogens is 3. The number of hydrogen-bond acceptors (Lipinski definition) is 6. The van der Waals surface area contributed by atoms with Crippen LogP contribution in [-0.2, 0) is 4.79 Å². The third kappa shape index (κ3) is 4.93. The Hall–Kier alpha value is -3.01. The zero-order chi connectivity index (χ0) is 21.1. The standard InChI is InChI=1S/C20H18F3N3O3S/c21-20(22,23)29-15-6-7-16-17(12-15)30-19(24-16)26-10-8-25(9-11-26)18(27)13-28-14-4-2-1-3-5-14/h1-7,12H,8-11,13H2. The summed E-state index contributed by atoms with van der Waals surface area (Å²) in [6.07, 6.45) is -4.73. The van der Waals surface area contributed by atoms with Crippen molar-refractivity contribution in [2.45, 2.75) is 6.36 Å². The van der Waals surface area contributed by atoms with Crippen LogP contribution in [0.5, 0.6) is 11.5 Å². The molecule has 0 spiro atoms. The molecule has 0 N–H and O–H groups in total. The van der Waals surface area contributed by atoms with Crippen LogP contribution >= 0.6 is 11.3 Å². The summed E-state index contributed by atoms with van der Waals surface area (Å²) in [5.41, 5.74) is 0.610. The highest BCUT2D eigenvalue weighted by Gasteiger charge is 2.31. The van der Waals surface area contributed by atoms with Gasteiger partial charge in [-0.05, 0) is 24.3 Å². The highest BCUT2D eigenvalue weighted by atomic mass is 32.1. The Kier molecular flexibility index (Phi) is 5.67. The highest BCUT2D eigenvalue weighted by molar-refractivity contribution is 7.22. The molecule has 1 aromatic heterocycles. The van der Waals surface area contributed by atoms with Gasteiger partial charge in [-0.25, -0.2) is 4.98 Å². The minimum atomic E-state index is -4.73. The van der Waals surface area contributed by atoms with Gasteiger partial charge in [-0.1, -0.05) is 29.5 Å². The fourth-order valence-corrected chi connectivity index (χ4v) is 4.17. The number of benzene rings is 2. The maximum absolute atomic E-state index is 12.4. The molecule has 0 unspecified atom stereocenters. The van der Waals surface area contributed by atoms with Gasteiger partial charge in [0.15, 0.2) is 11.7 Å². The first kappa shape index (κ1) is 20.3.